The Kier molecular flexibility index (Phi) is 7.33. The summed E-state index contributed by atoms with van der Waals surface area (Å²) in [5, 5.41) is 0. The zero-order chi connectivity index (χ0) is 22.2. The molecule has 0 bridgehead atoms. The van der Waals surface area contributed by atoms with Crippen LogP contribution in [-0.2, 0) is 17.8 Å². The van der Waals surface area contributed by atoms with Crippen LogP contribution < -0.4 is 9.47 Å². The number of carbonyl (C=O) groups is 1. The van der Waals surface area contributed by atoms with Crippen LogP contribution in [0.3, 0.4) is 0 Å². The summed E-state index contributed by atoms with van der Waals surface area (Å²) in [6.07, 6.45) is 5.76. The lowest BCUT2D eigenvalue weighted by Gasteiger charge is -2.32. The Labute approximate surface area is 187 Å². The lowest BCUT2D eigenvalue weighted by atomic mass is 9.97. The molecule has 0 spiro atoms. The Morgan fingerprint density at radius 1 is 0.969 bits per heavy atom. The number of hydrogen-bond acceptors (Lipinski definition) is 4. The minimum atomic E-state index is -0.310. The number of aromatic nitrogens is 1. The molecule has 3 aromatic rings. The van der Waals surface area contributed by atoms with Gasteiger partial charge in [0.05, 0.1) is 13.0 Å². The van der Waals surface area contributed by atoms with Crippen molar-refractivity contribution in [2.75, 3.05) is 19.7 Å². The van der Waals surface area contributed by atoms with E-state index in [1.807, 2.05) is 41.3 Å². The summed E-state index contributed by atoms with van der Waals surface area (Å²) in [4.78, 5) is 18.5. The van der Waals surface area contributed by atoms with Crippen molar-refractivity contribution in [2.45, 2.75) is 25.9 Å². The number of halogens is 1. The van der Waals surface area contributed by atoms with Gasteiger partial charge >= 0.3 is 0 Å². The molecule has 1 aliphatic rings. The smallest absolute Gasteiger partial charge is 0.227 e. The molecule has 1 fully saturated rings. The highest BCUT2D eigenvalue weighted by molar-refractivity contribution is 5.78. The fraction of sp³-hybridized carbons (Fsp3) is 0.308. The van der Waals surface area contributed by atoms with Crippen molar-refractivity contribution in [2.24, 2.45) is 5.92 Å². The monoisotopic (exact) mass is 434 g/mol. The van der Waals surface area contributed by atoms with E-state index in [-0.39, 0.29) is 11.7 Å². The Morgan fingerprint density at radius 2 is 1.78 bits per heavy atom. The Hall–Kier alpha value is -3.41. The number of likely N-dealkylation sites (tertiary alicyclic amines) is 1. The van der Waals surface area contributed by atoms with Crippen LogP contribution in [0.1, 0.15) is 24.0 Å². The van der Waals surface area contributed by atoms with Gasteiger partial charge in [-0.3, -0.25) is 9.78 Å². The molecule has 0 aliphatic carbocycles. The number of carbonyl (C=O) groups excluding carboxylic acids is 1. The summed E-state index contributed by atoms with van der Waals surface area (Å²) in [6.45, 7) is 2.55. The topological polar surface area (TPSA) is 51.7 Å². The molecule has 1 saturated heterocycles. The van der Waals surface area contributed by atoms with Crippen molar-refractivity contribution in [1.82, 2.24) is 9.88 Å². The van der Waals surface area contributed by atoms with Gasteiger partial charge in [-0.1, -0.05) is 24.3 Å². The van der Waals surface area contributed by atoms with Crippen molar-refractivity contribution in [3.63, 3.8) is 0 Å². The summed E-state index contributed by atoms with van der Waals surface area (Å²) < 4.78 is 24.8. The number of hydrogen-bond donors (Lipinski definition) is 0. The van der Waals surface area contributed by atoms with Gasteiger partial charge in [0, 0.05) is 31.5 Å². The number of rotatable bonds is 8. The van der Waals surface area contributed by atoms with Crippen molar-refractivity contribution in [1.29, 1.82) is 0 Å². The van der Waals surface area contributed by atoms with Gasteiger partial charge < -0.3 is 14.4 Å². The van der Waals surface area contributed by atoms with Gasteiger partial charge in [0.1, 0.15) is 23.9 Å². The zero-order valence-corrected chi connectivity index (χ0v) is 18.0. The van der Waals surface area contributed by atoms with E-state index < -0.39 is 0 Å². The van der Waals surface area contributed by atoms with Crippen molar-refractivity contribution in [3.05, 3.63) is 90.0 Å². The van der Waals surface area contributed by atoms with Gasteiger partial charge in [-0.15, -0.1) is 0 Å². The van der Waals surface area contributed by atoms with E-state index in [0.29, 0.717) is 31.3 Å². The third kappa shape index (κ3) is 6.30. The van der Waals surface area contributed by atoms with Gasteiger partial charge in [-0.05, 0) is 60.2 Å². The quantitative estimate of drug-likeness (QED) is 0.518. The highest BCUT2D eigenvalue weighted by atomic mass is 19.1. The van der Waals surface area contributed by atoms with Crippen LogP contribution in [0.4, 0.5) is 4.39 Å². The van der Waals surface area contributed by atoms with E-state index in [1.54, 1.807) is 24.5 Å². The lowest BCUT2D eigenvalue weighted by Crippen LogP contribution is -2.40. The molecule has 1 aromatic heterocycles. The second-order valence-corrected chi connectivity index (χ2v) is 8.06. The largest absolute Gasteiger partial charge is 0.493 e. The second-order valence-electron chi connectivity index (χ2n) is 8.06. The Bertz CT molecular complexity index is 1000. The van der Waals surface area contributed by atoms with E-state index in [9.17, 15) is 9.18 Å². The molecule has 1 amide bonds. The molecule has 0 N–H and O–H groups in total. The Balaban J connectivity index is 1.17. The van der Waals surface area contributed by atoms with E-state index in [2.05, 4.69) is 4.98 Å². The van der Waals surface area contributed by atoms with Crippen molar-refractivity contribution < 1.29 is 18.7 Å². The minimum absolute atomic E-state index is 0.161. The maximum absolute atomic E-state index is 13.2. The van der Waals surface area contributed by atoms with Gasteiger partial charge in [-0.25, -0.2) is 4.39 Å². The normalized spacial score (nSPS) is 14.2. The fourth-order valence-electron chi connectivity index (χ4n) is 3.76. The average Bonchev–Trinajstić information content (AvgIpc) is 2.83. The highest BCUT2D eigenvalue weighted by Crippen LogP contribution is 2.21. The Morgan fingerprint density at radius 3 is 2.50 bits per heavy atom. The van der Waals surface area contributed by atoms with Gasteiger partial charge in [0.25, 0.3) is 0 Å². The third-order valence-electron chi connectivity index (χ3n) is 5.66. The summed E-state index contributed by atoms with van der Waals surface area (Å²) in [7, 11) is 0. The van der Waals surface area contributed by atoms with E-state index in [0.717, 1.165) is 42.8 Å². The molecule has 166 valence electrons. The molecular formula is C26H27FN2O3. The third-order valence-corrected chi connectivity index (χ3v) is 5.66. The first-order chi connectivity index (χ1) is 15.7. The van der Waals surface area contributed by atoms with Crippen LogP contribution in [0.5, 0.6) is 11.5 Å². The number of nitrogens with zero attached hydrogens (tertiary/aromatic N) is 2. The summed E-state index contributed by atoms with van der Waals surface area (Å²) in [5.41, 5.74) is 1.94. The molecule has 0 saturated carbocycles. The molecule has 2 heterocycles. The minimum Gasteiger partial charge on any atom is -0.493 e. The molecule has 0 unspecified atom stereocenters. The highest BCUT2D eigenvalue weighted by Gasteiger charge is 2.23. The first kappa shape index (κ1) is 21.8. The van der Waals surface area contributed by atoms with Crippen molar-refractivity contribution >= 4 is 5.91 Å². The van der Waals surface area contributed by atoms with Gasteiger partial charge in [0.15, 0.2) is 0 Å². The maximum atomic E-state index is 13.2. The molecule has 0 radical (unpaired) electrons. The molecule has 5 nitrogen and oxygen atoms in total. The predicted molar refractivity (Wildman–Crippen MR) is 120 cm³/mol. The molecular weight excluding hydrogens is 407 g/mol. The van der Waals surface area contributed by atoms with E-state index >= 15 is 0 Å². The molecule has 6 heteroatoms. The zero-order valence-electron chi connectivity index (χ0n) is 18.0. The summed E-state index contributed by atoms with van der Waals surface area (Å²) in [6, 6.07) is 17.7. The second kappa shape index (κ2) is 10.8. The maximum Gasteiger partial charge on any atom is 0.227 e. The average molecular weight is 435 g/mol. The van der Waals surface area contributed by atoms with Crippen LogP contribution in [0.25, 0.3) is 0 Å². The van der Waals surface area contributed by atoms with Crippen LogP contribution in [-0.4, -0.2) is 35.5 Å². The van der Waals surface area contributed by atoms with Gasteiger partial charge in [0.2, 0.25) is 5.91 Å². The molecule has 32 heavy (non-hydrogen) atoms. The van der Waals surface area contributed by atoms with Gasteiger partial charge in [-0.2, -0.15) is 0 Å². The summed E-state index contributed by atoms with van der Waals surface area (Å²) >= 11 is 0. The van der Waals surface area contributed by atoms with Crippen LogP contribution in [0, 0.1) is 11.7 Å². The molecule has 4 rings (SSSR count). The number of benzene rings is 2. The van der Waals surface area contributed by atoms with Crippen molar-refractivity contribution in [3.8, 4) is 11.5 Å². The number of ether oxygens (including phenoxy) is 2. The first-order valence-corrected chi connectivity index (χ1v) is 10.9. The van der Waals surface area contributed by atoms with Crippen LogP contribution in [0.15, 0.2) is 73.1 Å². The van der Waals surface area contributed by atoms with Crippen LogP contribution in [0.2, 0.25) is 0 Å². The molecule has 0 atom stereocenters. The number of pyridine rings is 1. The fourth-order valence-corrected chi connectivity index (χ4v) is 3.76. The predicted octanol–water partition coefficient (Wildman–Crippen LogP) is 4.66. The SMILES string of the molecule is O=C(Cc1cccnc1)N1CCC(COc2ccc(COc3cccc(F)c3)cc2)CC1. The first-order valence-electron chi connectivity index (χ1n) is 10.9. The van der Waals surface area contributed by atoms with Crippen LogP contribution >= 0.6 is 0 Å². The van der Waals surface area contributed by atoms with E-state index in [4.69, 9.17) is 9.47 Å². The summed E-state index contributed by atoms with van der Waals surface area (Å²) in [5.74, 6) is 1.61. The number of piperidine rings is 1. The lowest BCUT2D eigenvalue weighted by molar-refractivity contribution is -0.132. The molecule has 1 aliphatic heterocycles. The molecule has 2 aromatic carbocycles. The number of amides is 1. The standard InChI is InChI=1S/C26H27FN2O3/c27-23-4-1-5-25(16-23)32-18-20-6-8-24(9-7-20)31-19-21-10-13-29(14-11-21)26(30)15-22-3-2-12-28-17-22/h1-9,12,16-17,21H,10-11,13-15,18-19H2. The van der Waals surface area contributed by atoms with E-state index in [1.165, 1.54) is 12.1 Å².